The Kier molecular flexibility index (Phi) is 108. The molecule has 0 saturated carbocycles. The van der Waals surface area contributed by atoms with Crippen LogP contribution in [0.15, 0.2) is 0 Å². The van der Waals surface area contributed by atoms with Gasteiger partial charge in [-0.3, -0.25) is 0 Å². The van der Waals surface area contributed by atoms with Crippen molar-refractivity contribution in [2.24, 2.45) is 0 Å². The smallest absolute Gasteiger partial charge is 0.553 e. The molecule has 0 bridgehead atoms. The number of rotatable bonds is 0. The summed E-state index contributed by atoms with van der Waals surface area (Å²) in [5.74, 6) is 4.75. The van der Waals surface area contributed by atoms with Crippen LogP contribution in [0.25, 0.3) is 5.90 Å². The quantitative estimate of drug-likeness (QED) is 0.244. The molecule has 4 N–H and O–H groups in total. The van der Waals surface area contributed by atoms with E-state index in [1.54, 1.807) is 0 Å². The van der Waals surface area contributed by atoms with Crippen LogP contribution in [-0.2, 0) is 0 Å². The molecule has 0 saturated heterocycles. The molecule has 0 heterocycles. The van der Waals surface area contributed by atoms with Gasteiger partial charge in [0.2, 0.25) is 0 Å². The van der Waals surface area contributed by atoms with E-state index < -0.39 is 0 Å². The van der Waals surface area contributed by atoms with Gasteiger partial charge in [0.1, 0.15) is 0 Å². The number of hydrogen-bond acceptors (Lipinski definition) is 1. The first-order valence-corrected chi connectivity index (χ1v) is 0.224. The molecule has 0 atom stereocenters. The van der Waals surface area contributed by atoms with E-state index >= 15 is 0 Å². The van der Waals surface area contributed by atoms with Crippen molar-refractivity contribution < 1.29 is 62.1 Å². The molecule has 3 nitrogen and oxygen atoms in total. The van der Waals surface area contributed by atoms with Gasteiger partial charge in [0, 0.05) is 0 Å². The average Bonchev–Trinajstić information content (AvgIpc) is 1.00. The summed E-state index contributed by atoms with van der Waals surface area (Å²) in [4.78, 5) is 0. The van der Waals surface area contributed by atoms with Crippen molar-refractivity contribution in [1.82, 2.24) is 0 Å². The molecule has 0 amide bonds. The number of hydrogen-bond donors (Lipinski definition) is 1. The molecule has 22 valence electrons. The average molecular weight is 89.1 g/mol. The number of nitrogens with one attached hydrogen (secondary N) is 1. The Morgan fingerprint density at radius 3 is 1.25 bits per heavy atom. The molecule has 4 heteroatoms. The molecular weight excluding hydrogens is 85.1 g/mol. The van der Waals surface area contributed by atoms with Crippen LogP contribution in [0.2, 0.25) is 0 Å². The summed E-state index contributed by atoms with van der Waals surface area (Å²) in [6, 6.07) is 0. The minimum absolute atomic E-state index is 0. The molecule has 0 radical (unpaired) electrons. The van der Waals surface area contributed by atoms with Gasteiger partial charge in [-0.2, -0.15) is 0 Å². The van der Waals surface area contributed by atoms with E-state index in [1.165, 1.54) is 0 Å². The van der Waals surface area contributed by atoms with E-state index in [4.69, 9.17) is 11.1 Å². The molecule has 0 aromatic heterocycles. The van der Waals surface area contributed by atoms with Gasteiger partial charge in [0.25, 0.3) is 0 Å². The molecule has 4 heavy (non-hydrogen) atoms. The zero-order valence-electron chi connectivity index (χ0n) is 2.45. The molecule has 0 aromatic carbocycles. The third-order valence-electron chi connectivity index (χ3n) is 0. The molecule has 0 fully saturated rings. The maximum Gasteiger partial charge on any atom is 1.00 e. The van der Waals surface area contributed by atoms with Crippen molar-refractivity contribution in [2.45, 2.75) is 0 Å². The zero-order valence-corrected chi connectivity index (χ0v) is 5.57. The van der Waals surface area contributed by atoms with Crippen LogP contribution in [0.5, 0.6) is 0 Å². The fourth-order valence-electron chi connectivity index (χ4n) is 0. The van der Waals surface area contributed by atoms with E-state index in [0.717, 1.165) is 0 Å². The van der Waals surface area contributed by atoms with Gasteiger partial charge in [-0.05, 0) is 0 Å². The van der Waals surface area contributed by atoms with Gasteiger partial charge in [0.05, 0.1) is 0 Å². The third-order valence-corrected chi connectivity index (χ3v) is 0. The van der Waals surface area contributed by atoms with Gasteiger partial charge in [0.15, 0.2) is 0 Å². The Morgan fingerprint density at radius 2 is 1.25 bits per heavy atom. The summed E-state index contributed by atoms with van der Waals surface area (Å²) in [5.41, 5.74) is 0. The second-order valence-corrected chi connectivity index (χ2v) is 0. The molecule has 0 unspecified atom stereocenters. The topological polar surface area (TPSA) is 75.5 Å². The normalized spacial score (nSPS) is 1.50. The van der Waals surface area contributed by atoms with Gasteiger partial charge >= 0.3 is 51.4 Å². The van der Waals surface area contributed by atoms with Crippen molar-refractivity contribution in [3.8, 4) is 0 Å². The summed E-state index contributed by atoms with van der Waals surface area (Å²) in [6.45, 7) is 0. The fourth-order valence-corrected chi connectivity index (χ4v) is 0. The molecule has 0 aromatic rings. The molecule has 0 rings (SSSR count). The Labute approximate surface area is 66.9 Å². The van der Waals surface area contributed by atoms with E-state index in [0.29, 0.717) is 0 Å². The molecule has 0 aliphatic heterocycles. The van der Waals surface area contributed by atoms with E-state index in [1.807, 2.05) is 0 Å². The maximum absolute atomic E-state index is 6.25. The molecule has 0 aliphatic carbocycles. The third kappa shape index (κ3) is 9.68. The molecule has 0 aliphatic rings. The standard InChI is InChI=1S/K.H2NO.H2O/c;1-2;/h;1-2H;1H2/q+1;-1;. The Bertz CT molecular complexity index is 6.00. The summed E-state index contributed by atoms with van der Waals surface area (Å²) in [6.07, 6.45) is 0. The van der Waals surface area contributed by atoms with Gasteiger partial charge in [-0.1, -0.05) is 0 Å². The summed E-state index contributed by atoms with van der Waals surface area (Å²) in [5, 5.41) is 6.25. The van der Waals surface area contributed by atoms with Crippen LogP contribution in [0, 0.1) is 0 Å². The van der Waals surface area contributed by atoms with Crippen LogP contribution < -0.4 is 51.4 Å². The van der Waals surface area contributed by atoms with Crippen molar-refractivity contribution in [2.75, 3.05) is 0 Å². The van der Waals surface area contributed by atoms with E-state index in [2.05, 4.69) is 0 Å². The Morgan fingerprint density at radius 1 is 1.25 bits per heavy atom. The van der Waals surface area contributed by atoms with Crippen LogP contribution in [-0.4, -0.2) is 10.7 Å². The summed E-state index contributed by atoms with van der Waals surface area (Å²) in [7, 11) is 0. The van der Waals surface area contributed by atoms with E-state index in [-0.39, 0.29) is 56.9 Å². The van der Waals surface area contributed by atoms with Crippen molar-refractivity contribution in [3.05, 3.63) is 5.90 Å². The first-order chi connectivity index (χ1) is 1.00. The minimum atomic E-state index is 0. The van der Waals surface area contributed by atoms with Crippen LogP contribution >= 0.6 is 0 Å². The van der Waals surface area contributed by atoms with Crippen molar-refractivity contribution in [1.29, 1.82) is 0 Å². The largest absolute Gasteiger partial charge is 1.00 e. The van der Waals surface area contributed by atoms with Gasteiger partial charge < -0.3 is 16.6 Å². The molecule has 0 spiro atoms. The maximum atomic E-state index is 6.25. The Balaban J connectivity index is -0.00000000500. The van der Waals surface area contributed by atoms with Gasteiger partial charge in [-0.25, -0.2) is 0 Å². The SMILES string of the molecule is O.[K+].[NH-]O. The Hall–Kier alpha value is 1.52. The second-order valence-electron chi connectivity index (χ2n) is 0. The summed E-state index contributed by atoms with van der Waals surface area (Å²) < 4.78 is 0. The van der Waals surface area contributed by atoms with Crippen LogP contribution in [0.4, 0.5) is 0 Å². The second kappa shape index (κ2) is 24.3. The van der Waals surface area contributed by atoms with E-state index in [9.17, 15) is 0 Å². The predicted octanol–water partition coefficient (Wildman–Crippen LogP) is -3.39. The fraction of sp³-hybridized carbons (Fsp3) is 0. The van der Waals surface area contributed by atoms with Crippen LogP contribution in [0.3, 0.4) is 0 Å². The minimum Gasteiger partial charge on any atom is -0.553 e. The van der Waals surface area contributed by atoms with Gasteiger partial charge in [-0.15, -0.1) is 0 Å². The van der Waals surface area contributed by atoms with Crippen LogP contribution in [0.1, 0.15) is 0 Å². The monoisotopic (exact) mass is 89.0 g/mol. The zero-order chi connectivity index (χ0) is 2.00. The predicted molar refractivity (Wildman–Crippen MR) is 9.72 cm³/mol. The first-order valence-electron chi connectivity index (χ1n) is 0.224. The first kappa shape index (κ1) is 17.8. The summed E-state index contributed by atoms with van der Waals surface area (Å²) >= 11 is 0. The van der Waals surface area contributed by atoms with Crippen molar-refractivity contribution >= 4 is 0 Å². The molecular formula is H4KNO2. The van der Waals surface area contributed by atoms with Crippen molar-refractivity contribution in [3.63, 3.8) is 0 Å².